The Morgan fingerprint density at radius 3 is 1.41 bits per heavy atom. The van der Waals surface area contributed by atoms with Crippen molar-refractivity contribution in [3.05, 3.63) is 135 Å². The van der Waals surface area contributed by atoms with E-state index in [1.54, 1.807) is 72.0 Å². The van der Waals surface area contributed by atoms with Crippen molar-refractivity contribution in [2.24, 2.45) is 5.73 Å². The molecule has 108 heavy (non-hydrogen) atoms. The Kier molecular flexibility index (Phi) is 48.3. The molecule has 4 atom stereocenters. The molecule has 14 rings (SSSR count). The Balaban J connectivity index is 0.000000281. The number of rotatable bonds is 10. The summed E-state index contributed by atoms with van der Waals surface area (Å²) < 4.78 is 10.5. The van der Waals surface area contributed by atoms with Crippen LogP contribution in [0.5, 0.6) is 0 Å². The maximum atomic E-state index is 12.2. The first-order valence-corrected chi connectivity index (χ1v) is 54.7. The minimum Gasteiger partial charge on any atom is -0.444 e. The SMILES string of the molecule is C.CC(C)(C)OC(=O)N1CCN(c2ccc(-c3nc4c(s3)C(O)CCC4)cc2)CC1.CO.Cl.Cl.Cl.NC(=S)c1ccc(N2CCNCC2)cc1.O=C1CCCC2OC12.OC1CCCc2nc(-c3ccc(N4CCNCC4)cc3)sc21.S=PP(P=S)P=S=S=S=S=S=S=S=S.[C-]#[N+]c1ccc(N2CCNCC2)cc1. The number of hydrogen-bond donors (Lipinski definition) is 7. The van der Waals surface area contributed by atoms with Crippen molar-refractivity contribution >= 4 is 243 Å². The minimum absolute atomic E-state index is 0. The van der Waals surface area contributed by atoms with Crippen LogP contribution in [-0.2, 0) is 125 Å². The molecule has 39 heteroatoms. The molecule has 3 aliphatic carbocycles. The number of halogens is 3. The Morgan fingerprint density at radius 1 is 0.630 bits per heavy atom. The highest BCUT2D eigenvalue weighted by molar-refractivity contribution is 8.87. The molecule has 5 aliphatic heterocycles. The normalized spacial score (nSPS) is 18.9. The fraction of sp³-hybridized carbons (Fsp3) is 0.507. The summed E-state index contributed by atoms with van der Waals surface area (Å²) in [5.41, 5.74) is 16.0. The van der Waals surface area contributed by atoms with Gasteiger partial charge < -0.3 is 71.0 Å². The van der Waals surface area contributed by atoms with E-state index >= 15 is 0 Å². The monoisotopic (exact) mass is 1850 g/mol. The predicted octanol–water partition coefficient (Wildman–Crippen LogP) is 14.6. The summed E-state index contributed by atoms with van der Waals surface area (Å²) in [6, 6.07) is 33.1. The van der Waals surface area contributed by atoms with Crippen molar-refractivity contribution in [1.82, 2.24) is 30.8 Å². The van der Waals surface area contributed by atoms with Gasteiger partial charge in [-0.05, 0) is 231 Å². The summed E-state index contributed by atoms with van der Waals surface area (Å²) in [4.78, 5) is 49.6. The lowest BCUT2D eigenvalue weighted by Gasteiger charge is -2.36. The molecule has 8 N–H and O–H groups in total. The maximum Gasteiger partial charge on any atom is 0.410 e. The Morgan fingerprint density at radius 2 is 1.03 bits per heavy atom. The van der Waals surface area contributed by atoms with E-state index in [4.69, 9.17) is 83.9 Å². The lowest BCUT2D eigenvalue weighted by atomic mass is 10.00. The van der Waals surface area contributed by atoms with Crippen molar-refractivity contribution < 1.29 is 34.4 Å². The molecule has 0 bridgehead atoms. The number of anilines is 4. The number of aliphatic hydroxyl groups is 3. The van der Waals surface area contributed by atoms with E-state index in [0.717, 1.165) is 224 Å². The lowest BCUT2D eigenvalue weighted by Crippen LogP contribution is -2.50. The molecule has 6 fully saturated rings. The average Bonchev–Trinajstić information content (AvgIpc) is 1.68. The quantitative estimate of drug-likeness (QED) is 0.0293. The fourth-order valence-corrected chi connectivity index (χ4v) is 49.6. The molecule has 594 valence electrons. The molecular formula is C69H97Cl3N12O7P4S13. The van der Waals surface area contributed by atoms with Crippen molar-refractivity contribution in [2.45, 2.75) is 116 Å². The summed E-state index contributed by atoms with van der Waals surface area (Å²) in [7, 11) is 16.2. The third-order valence-corrected chi connectivity index (χ3v) is 53.6. The number of fused-ring (bicyclic) bond motifs is 3. The number of aliphatic hydroxyl groups excluding tert-OH is 3. The van der Waals surface area contributed by atoms with E-state index in [-0.39, 0.29) is 76.0 Å². The molecule has 4 aromatic carbocycles. The molecule has 2 aromatic heterocycles. The number of aromatic nitrogens is 2. The van der Waals surface area contributed by atoms with E-state index < -0.39 is 5.60 Å². The van der Waals surface area contributed by atoms with Crippen LogP contribution in [0, 0.1) is 6.57 Å². The highest BCUT2D eigenvalue weighted by Gasteiger charge is 2.46. The smallest absolute Gasteiger partial charge is 0.410 e. The number of nitrogens with one attached hydrogen (secondary N) is 3. The van der Waals surface area contributed by atoms with Crippen molar-refractivity contribution in [2.75, 3.05) is 131 Å². The zero-order valence-corrected chi connectivity index (χ0v) is 76.3. The van der Waals surface area contributed by atoms with Gasteiger partial charge in [0.05, 0.1) is 53.0 Å². The largest absolute Gasteiger partial charge is 0.444 e. The van der Waals surface area contributed by atoms with Crippen molar-refractivity contribution in [3.8, 4) is 21.1 Å². The topological polar surface area (TPSA) is 225 Å². The molecule has 8 aliphatic rings. The molecule has 19 nitrogen and oxygen atoms in total. The van der Waals surface area contributed by atoms with Crippen LogP contribution in [0.1, 0.15) is 112 Å². The number of nitrogens with two attached hydrogens (primary N) is 1. The van der Waals surface area contributed by atoms with E-state index in [2.05, 4.69) is 101 Å². The highest BCUT2D eigenvalue weighted by Crippen LogP contribution is 2.69. The molecule has 5 saturated heterocycles. The van der Waals surface area contributed by atoms with Crippen molar-refractivity contribution in [1.29, 1.82) is 0 Å². The first-order chi connectivity index (χ1) is 50.5. The summed E-state index contributed by atoms with van der Waals surface area (Å²) in [5, 5.41) is 39.3. The van der Waals surface area contributed by atoms with Crippen molar-refractivity contribution in [3.63, 3.8) is 0 Å². The molecule has 1 saturated carbocycles. The second-order valence-electron chi connectivity index (χ2n) is 25.2. The number of piperazine rings is 4. The summed E-state index contributed by atoms with van der Waals surface area (Å²) in [6.07, 6.45) is 8.08. The number of ether oxygens (including phenoxy) is 2. The van der Waals surface area contributed by atoms with Gasteiger partial charge in [-0.25, -0.2) is 19.6 Å². The summed E-state index contributed by atoms with van der Waals surface area (Å²) >= 11 is 22.8. The van der Waals surface area contributed by atoms with Crippen LogP contribution >= 0.6 is 100 Å². The molecule has 0 spiro atoms. The lowest BCUT2D eigenvalue weighted by molar-refractivity contribution is -0.120. The average molecular weight is 1850 g/mol. The Labute approximate surface area is 710 Å². The van der Waals surface area contributed by atoms with E-state index in [0.29, 0.717) is 35.7 Å². The van der Waals surface area contributed by atoms with Gasteiger partial charge in [-0.2, -0.15) is 0 Å². The van der Waals surface area contributed by atoms with Crippen LogP contribution in [0.4, 0.5) is 33.2 Å². The van der Waals surface area contributed by atoms with Gasteiger partial charge in [-0.3, -0.25) is 4.79 Å². The molecule has 6 aromatic rings. The van der Waals surface area contributed by atoms with E-state index in [1.165, 1.54) is 33.0 Å². The number of ketones is 1. The van der Waals surface area contributed by atoms with Gasteiger partial charge >= 0.3 is 6.09 Å². The number of Topliss-reactive ketones (excluding diaryl/α,β-unsaturated/α-hetero) is 1. The number of amides is 1. The number of benzene rings is 4. The number of aryl methyl sites for hydroxylation is 2. The number of hydrogen-bond acceptors (Lipinski definition) is 22. The predicted molar refractivity (Wildman–Crippen MR) is 497 cm³/mol. The number of thiazole rings is 2. The maximum absolute atomic E-state index is 12.2. The summed E-state index contributed by atoms with van der Waals surface area (Å²) in [5.74, 6) is 0.321. The van der Waals surface area contributed by atoms with Gasteiger partial charge in [0.1, 0.15) is 26.7 Å². The van der Waals surface area contributed by atoms with Gasteiger partial charge in [0.25, 0.3) is 0 Å². The third-order valence-electron chi connectivity index (χ3n) is 17.2. The van der Waals surface area contributed by atoms with Crippen LogP contribution in [0.25, 0.3) is 26.0 Å². The van der Waals surface area contributed by atoms with Gasteiger partial charge in [-0.1, -0.05) is 55.4 Å². The molecular weight excluding hydrogens is 1760 g/mol. The third kappa shape index (κ3) is 32.5. The first-order valence-electron chi connectivity index (χ1n) is 34.1. The Bertz CT molecular complexity index is 4160. The van der Waals surface area contributed by atoms with Crippen LogP contribution in [0.15, 0.2) is 97.1 Å². The number of thiocarbonyl (C=S) groups is 1. The second-order valence-corrected chi connectivity index (χ2v) is 53.6. The second kappa shape index (κ2) is 53.1. The number of carbonyl (C=O) groups excluding carboxylic acids is 2. The van der Waals surface area contributed by atoms with Crippen LogP contribution in [0.3, 0.4) is 0 Å². The van der Waals surface area contributed by atoms with Crippen LogP contribution in [0.2, 0.25) is 0 Å². The van der Waals surface area contributed by atoms with Gasteiger partial charge in [0.15, 0.2) is 11.5 Å². The molecule has 4 unspecified atom stereocenters. The number of carbonyl (C=O) groups is 2. The van der Waals surface area contributed by atoms with Crippen LogP contribution < -0.4 is 41.3 Å². The molecule has 7 heterocycles. The Hall–Kier alpha value is -2.22. The fourth-order valence-electron chi connectivity index (χ4n) is 11.9. The van der Waals surface area contributed by atoms with Gasteiger partial charge in [-0.15, -0.1) is 59.9 Å². The molecule has 0 radical (unpaired) electrons. The van der Waals surface area contributed by atoms with E-state index in [9.17, 15) is 19.8 Å². The number of epoxide rings is 1. The van der Waals surface area contributed by atoms with E-state index in [1.807, 2.05) is 66.7 Å². The summed E-state index contributed by atoms with van der Waals surface area (Å²) in [6.45, 7) is 27.9. The molecule has 1 amide bonds. The van der Waals surface area contributed by atoms with Gasteiger partial charge in [0.2, 0.25) is 0 Å². The number of nitrogens with zero attached hydrogens (tertiary/aromatic N) is 8. The highest BCUT2D eigenvalue weighted by atomic mass is 35.5. The zero-order chi connectivity index (χ0) is 74.2. The standard InChI is InChI=1S/C22H29N3O3S.C17H21N3OS.C11H15N3S.C11H13N3.C6H8O2.CH4O.CH4.3ClH.P4S10/c1-22(2,3)28-21(27)25-13-11-24(12-14-25)16-9-7-15(8-10-16)20-23-17-5-4-6-18(26)19(17)29-20;21-15-3-1-2-14-16(15)22-17(19-14)12-4-6-13(7-5-12)20-10-8-18-9-11-20;12-11(15)9-1-3-10(4-2-9)14-7-5-13-6-8-14;1-12-10-2-4-11(5-3-10)14-8-6-13-7-9-14;7-4-2-1-3-5-6(4)8-5;1-2;;;;;5-1-4(2-6)3-8-10-12-14-13-11-9-7/h7-10,18,26H,4-6,11-14H2,1-3H3;4-7,15,18,21H,1-3,8-11H2;1-4,13H,5-8H2,(H2,12,15);2-5,13H,6-9H2;5-6H,1-3H2;2H,1H3;1H4;3*1H;. The first kappa shape index (κ1) is 98.1. The minimum atomic E-state index is -0.463. The zero-order valence-electron chi connectivity index (χ0n) is 59.7. The van der Waals surface area contributed by atoms with Gasteiger partial charge in [0, 0.05) is 179 Å². The van der Waals surface area contributed by atoms with Crippen LogP contribution in [-0.4, -0.2) is 177 Å².